The Kier molecular flexibility index (Phi) is 4.65. The van der Waals surface area contributed by atoms with E-state index in [2.05, 4.69) is 9.97 Å². The van der Waals surface area contributed by atoms with Crippen LogP contribution in [0.5, 0.6) is 0 Å². The van der Waals surface area contributed by atoms with Gasteiger partial charge in [0.05, 0.1) is 12.2 Å². The summed E-state index contributed by atoms with van der Waals surface area (Å²) in [5.74, 6) is 0.813. The summed E-state index contributed by atoms with van der Waals surface area (Å²) in [6.45, 7) is 7.16. The average molecular weight is 292 g/mol. The summed E-state index contributed by atoms with van der Waals surface area (Å²) in [5.41, 5.74) is -0.457. The molecule has 0 bridgehead atoms. The van der Waals surface area contributed by atoms with E-state index in [-0.39, 0.29) is 12.1 Å². The lowest BCUT2D eigenvalue weighted by Gasteiger charge is -2.31. The number of hydrogen-bond donors (Lipinski definition) is 0. The second-order valence-electron chi connectivity index (χ2n) is 6.41. The van der Waals surface area contributed by atoms with Gasteiger partial charge >= 0.3 is 6.09 Å². The largest absolute Gasteiger partial charge is 0.444 e. The molecule has 6 nitrogen and oxygen atoms in total. The Bertz CT molecular complexity index is 472. The normalized spacial score (nSPS) is 18.7. The van der Waals surface area contributed by atoms with Crippen molar-refractivity contribution in [3.63, 3.8) is 0 Å². The van der Waals surface area contributed by atoms with Gasteiger partial charge in [-0.05, 0) is 33.6 Å². The standard InChI is InChI=1S/C15H24N4O2/c1-15(2,3)21-14(20)19-9-5-6-12(19)11-18(4)13-10-16-7-8-17-13/h7-8,10,12H,5-6,9,11H2,1-4H3/t12-/m0/s1. The van der Waals surface area contributed by atoms with Gasteiger partial charge in [0.1, 0.15) is 11.4 Å². The number of aromatic nitrogens is 2. The number of ether oxygens (including phenoxy) is 1. The molecule has 1 saturated heterocycles. The average Bonchev–Trinajstić information content (AvgIpc) is 2.86. The molecule has 1 amide bonds. The molecule has 0 spiro atoms. The third-order valence-electron chi connectivity index (χ3n) is 3.43. The summed E-state index contributed by atoms with van der Waals surface area (Å²) in [4.78, 5) is 24.5. The molecule has 1 fully saturated rings. The number of amides is 1. The van der Waals surface area contributed by atoms with E-state index < -0.39 is 5.60 Å². The molecule has 0 radical (unpaired) electrons. The molecule has 0 aliphatic carbocycles. The fraction of sp³-hybridized carbons (Fsp3) is 0.667. The highest BCUT2D eigenvalue weighted by atomic mass is 16.6. The maximum atomic E-state index is 12.2. The third-order valence-corrected chi connectivity index (χ3v) is 3.43. The summed E-state index contributed by atoms with van der Waals surface area (Å²) >= 11 is 0. The maximum Gasteiger partial charge on any atom is 0.410 e. The van der Waals surface area contributed by atoms with Crippen LogP contribution in [0.2, 0.25) is 0 Å². The Morgan fingerprint density at radius 1 is 1.48 bits per heavy atom. The van der Waals surface area contributed by atoms with Crippen LogP contribution in [0.25, 0.3) is 0 Å². The number of carbonyl (C=O) groups excluding carboxylic acids is 1. The van der Waals surface area contributed by atoms with Gasteiger partial charge in [-0.25, -0.2) is 9.78 Å². The van der Waals surface area contributed by atoms with E-state index >= 15 is 0 Å². The highest BCUT2D eigenvalue weighted by Crippen LogP contribution is 2.22. The van der Waals surface area contributed by atoms with Gasteiger partial charge in [0.25, 0.3) is 0 Å². The number of carbonyl (C=O) groups is 1. The first-order valence-electron chi connectivity index (χ1n) is 7.33. The van der Waals surface area contributed by atoms with Crippen molar-refractivity contribution < 1.29 is 9.53 Å². The highest BCUT2D eigenvalue weighted by molar-refractivity contribution is 5.69. The molecule has 1 atom stereocenters. The van der Waals surface area contributed by atoms with Crippen molar-refractivity contribution in [2.45, 2.75) is 45.3 Å². The predicted molar refractivity (Wildman–Crippen MR) is 81.3 cm³/mol. The van der Waals surface area contributed by atoms with Crippen LogP contribution in [0.4, 0.5) is 10.6 Å². The molecular weight excluding hydrogens is 268 g/mol. The van der Waals surface area contributed by atoms with Gasteiger partial charge in [-0.2, -0.15) is 0 Å². The second-order valence-corrected chi connectivity index (χ2v) is 6.41. The molecular formula is C15H24N4O2. The molecule has 2 heterocycles. The minimum absolute atomic E-state index is 0.159. The molecule has 1 aromatic rings. The third kappa shape index (κ3) is 4.31. The molecule has 21 heavy (non-hydrogen) atoms. The number of likely N-dealkylation sites (tertiary alicyclic amines) is 1. The van der Waals surface area contributed by atoms with Gasteiger partial charge in [0, 0.05) is 32.5 Å². The van der Waals surface area contributed by atoms with E-state index in [0.717, 1.165) is 31.7 Å². The van der Waals surface area contributed by atoms with Crippen LogP contribution >= 0.6 is 0 Å². The van der Waals surface area contributed by atoms with E-state index in [1.807, 2.05) is 37.6 Å². The molecule has 0 N–H and O–H groups in total. The summed E-state index contributed by atoms with van der Waals surface area (Å²) in [6.07, 6.45) is 6.83. The lowest BCUT2D eigenvalue weighted by atomic mass is 10.2. The van der Waals surface area contributed by atoms with E-state index in [9.17, 15) is 4.79 Å². The van der Waals surface area contributed by atoms with Crippen LogP contribution in [0.3, 0.4) is 0 Å². The van der Waals surface area contributed by atoms with E-state index in [1.165, 1.54) is 0 Å². The van der Waals surface area contributed by atoms with Crippen LogP contribution in [-0.2, 0) is 4.74 Å². The van der Waals surface area contributed by atoms with Crippen molar-refractivity contribution in [1.29, 1.82) is 0 Å². The Labute approximate surface area is 126 Å². The first-order chi connectivity index (χ1) is 9.87. The second kappa shape index (κ2) is 6.28. The Morgan fingerprint density at radius 3 is 2.86 bits per heavy atom. The minimum atomic E-state index is -0.457. The molecule has 1 aliphatic rings. The van der Waals surface area contributed by atoms with Crippen LogP contribution in [-0.4, -0.2) is 52.7 Å². The van der Waals surface area contributed by atoms with Gasteiger partial charge in [-0.1, -0.05) is 0 Å². The van der Waals surface area contributed by atoms with Crippen LogP contribution < -0.4 is 4.90 Å². The number of rotatable bonds is 3. The number of hydrogen-bond acceptors (Lipinski definition) is 5. The van der Waals surface area contributed by atoms with Crippen molar-refractivity contribution in [3.8, 4) is 0 Å². The zero-order valence-corrected chi connectivity index (χ0v) is 13.2. The highest BCUT2D eigenvalue weighted by Gasteiger charge is 2.32. The molecule has 1 aliphatic heterocycles. The summed E-state index contributed by atoms with van der Waals surface area (Å²) in [7, 11) is 1.97. The van der Waals surface area contributed by atoms with Crippen molar-refractivity contribution >= 4 is 11.9 Å². The molecule has 0 unspecified atom stereocenters. The quantitative estimate of drug-likeness (QED) is 0.855. The first-order valence-corrected chi connectivity index (χ1v) is 7.33. The number of anilines is 1. The Balaban J connectivity index is 1.97. The van der Waals surface area contributed by atoms with Crippen LogP contribution in [0, 0.1) is 0 Å². The molecule has 2 rings (SSSR count). The van der Waals surface area contributed by atoms with Crippen LogP contribution in [0.15, 0.2) is 18.6 Å². The molecule has 6 heteroatoms. The van der Waals surface area contributed by atoms with Crippen LogP contribution in [0.1, 0.15) is 33.6 Å². The van der Waals surface area contributed by atoms with E-state index in [4.69, 9.17) is 4.74 Å². The van der Waals surface area contributed by atoms with Crippen molar-refractivity contribution in [2.24, 2.45) is 0 Å². The summed E-state index contributed by atoms with van der Waals surface area (Å²) in [5, 5.41) is 0. The zero-order chi connectivity index (χ0) is 15.5. The maximum absolute atomic E-state index is 12.2. The number of nitrogens with zero attached hydrogens (tertiary/aromatic N) is 4. The lowest BCUT2D eigenvalue weighted by molar-refractivity contribution is 0.0232. The van der Waals surface area contributed by atoms with Gasteiger partial charge in [-0.3, -0.25) is 4.98 Å². The first kappa shape index (κ1) is 15.5. The van der Waals surface area contributed by atoms with Crippen molar-refractivity contribution in [3.05, 3.63) is 18.6 Å². The monoisotopic (exact) mass is 292 g/mol. The smallest absolute Gasteiger partial charge is 0.410 e. The van der Waals surface area contributed by atoms with Crippen molar-refractivity contribution in [1.82, 2.24) is 14.9 Å². The van der Waals surface area contributed by atoms with Gasteiger partial charge < -0.3 is 14.5 Å². The number of likely N-dealkylation sites (N-methyl/N-ethyl adjacent to an activating group) is 1. The molecule has 0 saturated carbocycles. The summed E-state index contributed by atoms with van der Waals surface area (Å²) < 4.78 is 5.48. The fourth-order valence-electron chi connectivity index (χ4n) is 2.48. The van der Waals surface area contributed by atoms with Gasteiger partial charge in [-0.15, -0.1) is 0 Å². The lowest BCUT2D eigenvalue weighted by Crippen LogP contribution is -2.44. The van der Waals surface area contributed by atoms with E-state index in [1.54, 1.807) is 18.6 Å². The van der Waals surface area contributed by atoms with E-state index in [0.29, 0.717) is 0 Å². The predicted octanol–water partition coefficient (Wildman–Crippen LogP) is 2.31. The Morgan fingerprint density at radius 2 is 2.24 bits per heavy atom. The van der Waals surface area contributed by atoms with Crippen molar-refractivity contribution in [2.75, 3.05) is 25.0 Å². The van der Waals surface area contributed by atoms with Gasteiger partial charge in [0.2, 0.25) is 0 Å². The summed E-state index contributed by atoms with van der Waals surface area (Å²) in [6, 6.07) is 0.159. The molecule has 116 valence electrons. The topological polar surface area (TPSA) is 58.6 Å². The minimum Gasteiger partial charge on any atom is -0.444 e. The van der Waals surface area contributed by atoms with Gasteiger partial charge in [0.15, 0.2) is 0 Å². The molecule has 0 aromatic carbocycles. The molecule has 1 aromatic heterocycles. The SMILES string of the molecule is CN(C[C@@H]1CCCN1C(=O)OC(C)(C)C)c1cnccn1. The fourth-order valence-corrected chi connectivity index (χ4v) is 2.48. The zero-order valence-electron chi connectivity index (χ0n) is 13.2. The Hall–Kier alpha value is -1.85.